The summed E-state index contributed by atoms with van der Waals surface area (Å²) < 4.78 is 26.4. The summed E-state index contributed by atoms with van der Waals surface area (Å²) in [5.74, 6) is -5.09. The summed E-state index contributed by atoms with van der Waals surface area (Å²) in [5.41, 5.74) is 14.3. The molecule has 436 valence electrons. The summed E-state index contributed by atoms with van der Waals surface area (Å²) in [5, 5.41) is 44.1. The second kappa shape index (κ2) is 29.9. The second-order valence-electron chi connectivity index (χ2n) is 21.9. The fourth-order valence-corrected chi connectivity index (χ4v) is 9.62. The monoisotopic (exact) mass is 1150 g/mol. The molecule has 2 heterocycles. The molecule has 22 heteroatoms. The van der Waals surface area contributed by atoms with Crippen LogP contribution in [0.5, 0.6) is 0 Å². The van der Waals surface area contributed by atoms with Crippen LogP contribution in [0.2, 0.25) is 10.0 Å². The summed E-state index contributed by atoms with van der Waals surface area (Å²) >= 11 is 12.7. The fourth-order valence-electron chi connectivity index (χ4n) is 9.14. The number of benzene rings is 4. The van der Waals surface area contributed by atoms with Gasteiger partial charge in [0.05, 0.1) is 46.7 Å². The highest BCUT2D eigenvalue weighted by atomic mass is 35.5. The number of carbonyl (C=O) groups excluding carboxylic acids is 4. The van der Waals surface area contributed by atoms with E-state index in [0.717, 1.165) is 0 Å². The molecule has 2 fully saturated rings. The van der Waals surface area contributed by atoms with Gasteiger partial charge in [0, 0.05) is 84.7 Å². The van der Waals surface area contributed by atoms with Crippen molar-refractivity contribution < 1.29 is 58.0 Å². The van der Waals surface area contributed by atoms with E-state index in [1.807, 2.05) is 102 Å². The van der Waals surface area contributed by atoms with E-state index >= 15 is 0 Å². The number of amides is 4. The maximum atomic E-state index is 13.2. The van der Waals surface area contributed by atoms with Crippen molar-refractivity contribution in [3.63, 3.8) is 0 Å². The average Bonchev–Trinajstić information content (AvgIpc) is 3.53. The zero-order valence-corrected chi connectivity index (χ0v) is 47.9. The van der Waals surface area contributed by atoms with Crippen LogP contribution in [0.1, 0.15) is 68.2 Å². The van der Waals surface area contributed by atoms with Crippen molar-refractivity contribution in [1.29, 1.82) is 0 Å². The molecule has 2 saturated heterocycles. The first-order valence-electron chi connectivity index (χ1n) is 26.1. The van der Waals surface area contributed by atoms with Gasteiger partial charge in [-0.15, -0.1) is 0 Å². The van der Waals surface area contributed by atoms with Gasteiger partial charge in [-0.3, -0.25) is 29.0 Å². The highest BCUT2D eigenvalue weighted by Gasteiger charge is 2.42. The van der Waals surface area contributed by atoms with Crippen LogP contribution in [-0.2, 0) is 28.8 Å². The topological polar surface area (TPSA) is 272 Å². The van der Waals surface area contributed by atoms with Gasteiger partial charge in [0.2, 0.25) is 23.6 Å². The van der Waals surface area contributed by atoms with Crippen LogP contribution in [0.25, 0.3) is 0 Å². The molecule has 4 aromatic rings. The van der Waals surface area contributed by atoms with E-state index < -0.39 is 59.1 Å². The summed E-state index contributed by atoms with van der Waals surface area (Å²) in [7, 11) is 0. The van der Waals surface area contributed by atoms with Crippen LogP contribution in [0.3, 0.4) is 0 Å². The Morgan fingerprint density at radius 1 is 0.588 bits per heavy atom. The number of carbonyl (C=O) groups is 6. The molecule has 6 rings (SSSR count). The summed E-state index contributed by atoms with van der Waals surface area (Å²) in [4.78, 5) is 78.2. The molecule has 0 spiro atoms. The van der Waals surface area contributed by atoms with E-state index in [9.17, 15) is 47.8 Å². The lowest BCUT2D eigenvalue weighted by Gasteiger charge is -2.47. The van der Waals surface area contributed by atoms with Crippen molar-refractivity contribution in [2.45, 2.75) is 104 Å². The predicted octanol–water partition coefficient (Wildman–Crippen LogP) is 7.50. The third kappa shape index (κ3) is 19.7. The Kier molecular flexibility index (Phi) is 24.7. The number of hydrogen-bond donors (Lipinski definition) is 8. The minimum atomic E-state index is -1.26. The molecular weight excluding hydrogens is 1080 g/mol. The van der Waals surface area contributed by atoms with Gasteiger partial charge >= 0.3 is 11.9 Å². The van der Waals surface area contributed by atoms with Crippen LogP contribution >= 0.6 is 23.2 Å². The molecule has 10 N–H and O–H groups in total. The predicted molar refractivity (Wildman–Crippen MR) is 307 cm³/mol. The third-order valence-corrected chi connectivity index (χ3v) is 14.7. The first-order chi connectivity index (χ1) is 37.4. The van der Waals surface area contributed by atoms with E-state index in [1.165, 1.54) is 48.5 Å². The normalized spacial score (nSPS) is 17.8. The van der Waals surface area contributed by atoms with Crippen LogP contribution in [0.15, 0.2) is 109 Å². The molecule has 2 aliphatic rings. The lowest BCUT2D eigenvalue weighted by atomic mass is 9.86. The Morgan fingerprint density at radius 2 is 0.900 bits per heavy atom. The van der Waals surface area contributed by atoms with Gasteiger partial charge in [-0.1, -0.05) is 75.2 Å². The number of aliphatic carboxylic acids is 2. The molecule has 0 saturated carbocycles. The van der Waals surface area contributed by atoms with Crippen LogP contribution < -0.4 is 31.9 Å². The second-order valence-corrected chi connectivity index (χ2v) is 22.7. The number of para-hydroxylation sites is 2. The molecule has 0 aliphatic carbocycles. The number of carboxylic acids is 2. The Labute approximate surface area is 476 Å². The van der Waals surface area contributed by atoms with Crippen molar-refractivity contribution in [2.75, 3.05) is 59.7 Å². The molecule has 0 aromatic heterocycles. The Hall–Kier alpha value is -6.36. The molecule has 2 aliphatic heterocycles. The van der Waals surface area contributed by atoms with E-state index in [2.05, 4.69) is 10.6 Å². The number of aliphatic hydroxyl groups is 2. The largest absolute Gasteiger partial charge is 0.478 e. The van der Waals surface area contributed by atoms with Gasteiger partial charge < -0.3 is 52.3 Å². The smallest absolute Gasteiger partial charge is 0.328 e. The number of rotatable bonds is 20. The SMILES string of the molecule is CC(C)[C@H](C[C@H](O)[C@@H](N)CN1CC(=O)N(c2ccccc2Cl)CC1(C)C)C(=O)Nc1ccc(F)cc1.CC(C)[C@H](C[C@H](O)[C@@H](N)CN1CC(=O)N(c2ccccc2Cl)CC1(C)C)C(=O)Nc1ccc(F)cc1.O=C(O)/C=C/C(=O)O. The minimum Gasteiger partial charge on any atom is -0.478 e. The minimum absolute atomic E-state index is 0.0514. The zero-order valence-electron chi connectivity index (χ0n) is 46.4. The number of nitrogens with one attached hydrogen (secondary N) is 2. The number of aliphatic hydroxyl groups excluding tert-OH is 2. The van der Waals surface area contributed by atoms with Crippen LogP contribution in [0, 0.1) is 35.3 Å². The Balaban J connectivity index is 0.000000303. The molecule has 80 heavy (non-hydrogen) atoms. The quantitative estimate of drug-likeness (QED) is 0.0398. The van der Waals surface area contributed by atoms with E-state index in [-0.39, 0.29) is 73.0 Å². The van der Waals surface area contributed by atoms with Gasteiger partial charge in [0.15, 0.2) is 0 Å². The number of carboxylic acid groups (broad SMARTS) is 2. The zero-order chi connectivity index (χ0) is 59.8. The summed E-state index contributed by atoms with van der Waals surface area (Å²) in [6.07, 6.45) is -0.461. The summed E-state index contributed by atoms with van der Waals surface area (Å²) in [6, 6.07) is 24.3. The highest BCUT2D eigenvalue weighted by molar-refractivity contribution is 6.34. The standard InChI is InChI=1S/2C27H36ClFN4O3.C4H4O4/c2*1-17(2)20(26(36)31-19-11-9-18(29)10-12-19)13-24(34)22(30)14-32-15-25(35)33(16-27(32,3)4)23-8-6-5-7-21(23)28;5-3(6)1-2-4(7)8/h2*5-12,17,20,22,24,34H,13-16,30H2,1-4H3,(H,31,36);1-2H,(H,5,6)(H,7,8)/b;;2-1+/t2*20-,22-,24-;/m00./s1. The molecule has 0 bridgehead atoms. The lowest BCUT2D eigenvalue weighted by molar-refractivity contribution is -0.134. The maximum Gasteiger partial charge on any atom is 0.328 e. The lowest BCUT2D eigenvalue weighted by Crippen LogP contribution is -2.64. The van der Waals surface area contributed by atoms with Gasteiger partial charge in [-0.25, -0.2) is 18.4 Å². The number of hydrogen-bond acceptors (Lipinski definition) is 12. The van der Waals surface area contributed by atoms with Gasteiger partial charge in [-0.2, -0.15) is 0 Å². The van der Waals surface area contributed by atoms with Crippen LogP contribution in [-0.4, -0.2) is 140 Å². The van der Waals surface area contributed by atoms with E-state index in [0.29, 0.717) is 71.1 Å². The van der Waals surface area contributed by atoms with Crippen molar-refractivity contribution >= 4 is 81.5 Å². The van der Waals surface area contributed by atoms with Crippen molar-refractivity contribution in [1.82, 2.24) is 9.80 Å². The van der Waals surface area contributed by atoms with Crippen molar-refractivity contribution in [2.24, 2.45) is 35.1 Å². The number of nitrogens with two attached hydrogens (primary N) is 2. The first kappa shape index (κ1) is 66.2. The van der Waals surface area contributed by atoms with Gasteiger partial charge in [0.1, 0.15) is 11.6 Å². The molecular formula is C58H76Cl2F2N8O10. The Morgan fingerprint density at radius 3 is 1.19 bits per heavy atom. The molecule has 4 amide bonds. The molecule has 0 radical (unpaired) electrons. The Bertz CT molecular complexity index is 2590. The highest BCUT2D eigenvalue weighted by Crippen LogP contribution is 2.34. The molecule has 4 aromatic carbocycles. The van der Waals surface area contributed by atoms with Crippen molar-refractivity contribution in [3.05, 3.63) is 131 Å². The first-order valence-corrected chi connectivity index (χ1v) is 26.9. The van der Waals surface area contributed by atoms with Gasteiger partial charge in [0.25, 0.3) is 0 Å². The molecule has 0 unspecified atom stereocenters. The van der Waals surface area contributed by atoms with Gasteiger partial charge in [-0.05, 0) is 125 Å². The molecule has 6 atom stereocenters. The molecule has 18 nitrogen and oxygen atoms in total. The fraction of sp³-hybridized carbons (Fsp3) is 0.448. The number of halogens is 4. The summed E-state index contributed by atoms with van der Waals surface area (Å²) in [6.45, 7) is 17.4. The van der Waals surface area contributed by atoms with E-state index in [1.54, 1.807) is 21.9 Å². The van der Waals surface area contributed by atoms with Crippen LogP contribution in [0.4, 0.5) is 31.5 Å². The number of nitrogens with zero attached hydrogens (tertiary/aromatic N) is 4. The average molecular weight is 1150 g/mol. The van der Waals surface area contributed by atoms with Crippen molar-refractivity contribution in [3.8, 4) is 0 Å². The third-order valence-electron chi connectivity index (χ3n) is 14.1. The van der Waals surface area contributed by atoms with E-state index in [4.69, 9.17) is 44.9 Å². The maximum absolute atomic E-state index is 13.2. The number of anilines is 4. The number of piperazine rings is 2.